The fraction of sp³-hybridized carbons (Fsp3) is 0. The van der Waals surface area contributed by atoms with Gasteiger partial charge in [0.05, 0.1) is 10.7 Å². The van der Waals surface area contributed by atoms with E-state index in [9.17, 15) is 8.78 Å². The Kier molecular flexibility index (Phi) is 3.45. The molecule has 0 aliphatic carbocycles. The largest absolute Gasteiger partial charge is 0.354 e. The number of benzene rings is 2. The lowest BCUT2D eigenvalue weighted by atomic mass is 10.1. The minimum absolute atomic E-state index is 0.0464. The zero-order valence-corrected chi connectivity index (χ0v) is 9.80. The lowest BCUT2D eigenvalue weighted by molar-refractivity contribution is 0.624. The maximum Gasteiger partial charge on any atom is 0.143 e. The van der Waals surface area contributed by atoms with Crippen LogP contribution in [0, 0.1) is 23.0 Å². The van der Waals surface area contributed by atoms with Crippen molar-refractivity contribution in [3.05, 3.63) is 58.6 Å². The fourth-order valence-corrected chi connectivity index (χ4v) is 1.65. The number of hydrogen-bond donors (Lipinski definition) is 1. The molecule has 0 aromatic heterocycles. The molecule has 0 atom stereocenters. The lowest BCUT2D eigenvalue weighted by Crippen LogP contribution is -1.96. The molecule has 0 amide bonds. The van der Waals surface area contributed by atoms with E-state index in [1.165, 1.54) is 30.3 Å². The molecule has 0 aliphatic heterocycles. The molecule has 2 aromatic rings. The van der Waals surface area contributed by atoms with Gasteiger partial charge in [-0.2, -0.15) is 5.26 Å². The second-order valence-corrected chi connectivity index (χ2v) is 3.94. The third-order valence-electron chi connectivity index (χ3n) is 2.32. The van der Waals surface area contributed by atoms with E-state index in [2.05, 4.69) is 5.32 Å². The van der Waals surface area contributed by atoms with Crippen LogP contribution in [0.15, 0.2) is 36.4 Å². The van der Waals surface area contributed by atoms with Crippen LogP contribution in [0.4, 0.5) is 20.2 Å². The maximum atomic E-state index is 13.3. The van der Waals surface area contributed by atoms with E-state index in [1.807, 2.05) is 0 Å². The molecule has 0 saturated carbocycles. The average Bonchev–Trinajstić information content (AvgIpc) is 2.34. The Morgan fingerprint density at radius 2 is 1.89 bits per heavy atom. The van der Waals surface area contributed by atoms with E-state index >= 15 is 0 Å². The second kappa shape index (κ2) is 5.03. The van der Waals surface area contributed by atoms with Crippen LogP contribution in [0.1, 0.15) is 5.56 Å². The Balaban J connectivity index is 2.37. The van der Waals surface area contributed by atoms with E-state index in [0.29, 0.717) is 11.4 Å². The maximum absolute atomic E-state index is 13.3. The second-order valence-electron chi connectivity index (χ2n) is 3.53. The summed E-state index contributed by atoms with van der Waals surface area (Å²) in [5, 5.41) is 11.6. The van der Waals surface area contributed by atoms with Crippen molar-refractivity contribution in [2.24, 2.45) is 0 Å². The molecular weight excluding hydrogens is 258 g/mol. The Labute approximate surface area is 107 Å². The van der Waals surface area contributed by atoms with Gasteiger partial charge in [-0.1, -0.05) is 17.7 Å². The van der Waals surface area contributed by atoms with E-state index in [-0.39, 0.29) is 10.6 Å². The highest BCUT2D eigenvalue weighted by Crippen LogP contribution is 2.25. The van der Waals surface area contributed by atoms with Crippen LogP contribution in [-0.4, -0.2) is 0 Å². The van der Waals surface area contributed by atoms with Gasteiger partial charge in [0, 0.05) is 5.69 Å². The van der Waals surface area contributed by atoms with Crippen molar-refractivity contribution >= 4 is 23.0 Å². The summed E-state index contributed by atoms with van der Waals surface area (Å²) in [5.74, 6) is -1.15. The van der Waals surface area contributed by atoms with Crippen molar-refractivity contribution in [2.75, 3.05) is 5.32 Å². The number of halogens is 3. The normalized spacial score (nSPS) is 9.89. The molecule has 1 N–H and O–H groups in total. The topological polar surface area (TPSA) is 35.8 Å². The predicted octanol–water partition coefficient (Wildman–Crippen LogP) is 4.23. The first kappa shape index (κ1) is 12.3. The molecule has 0 fully saturated rings. The molecule has 18 heavy (non-hydrogen) atoms. The van der Waals surface area contributed by atoms with Gasteiger partial charge in [0.1, 0.15) is 23.3 Å². The molecule has 0 unspecified atom stereocenters. The monoisotopic (exact) mass is 264 g/mol. The molecule has 0 heterocycles. The van der Waals surface area contributed by atoms with Gasteiger partial charge in [0.2, 0.25) is 0 Å². The summed E-state index contributed by atoms with van der Waals surface area (Å²) in [6.45, 7) is 0. The molecule has 2 nitrogen and oxygen atoms in total. The van der Waals surface area contributed by atoms with Crippen molar-refractivity contribution in [3.8, 4) is 6.07 Å². The molecule has 0 bridgehead atoms. The van der Waals surface area contributed by atoms with Crippen molar-refractivity contribution in [1.29, 1.82) is 5.26 Å². The van der Waals surface area contributed by atoms with Crippen LogP contribution in [0.2, 0.25) is 5.02 Å². The standard InChI is InChI=1S/C13H7ClF2N2/c14-10-6-8(4-5-12(10)16)18-13-3-1-2-11(15)9(13)7-17/h1-6,18H. The number of nitrogens with one attached hydrogen (secondary N) is 1. The van der Waals surface area contributed by atoms with Crippen LogP contribution < -0.4 is 5.32 Å². The quantitative estimate of drug-likeness (QED) is 0.881. The molecular formula is C13H7ClF2N2. The highest BCUT2D eigenvalue weighted by Gasteiger charge is 2.08. The van der Waals surface area contributed by atoms with Crippen LogP contribution in [0.3, 0.4) is 0 Å². The van der Waals surface area contributed by atoms with Crippen molar-refractivity contribution < 1.29 is 8.78 Å². The summed E-state index contributed by atoms with van der Waals surface area (Å²) >= 11 is 5.63. The van der Waals surface area contributed by atoms with E-state index in [0.717, 1.165) is 0 Å². The molecule has 0 aliphatic rings. The van der Waals surface area contributed by atoms with E-state index in [1.54, 1.807) is 12.1 Å². The smallest absolute Gasteiger partial charge is 0.143 e. The van der Waals surface area contributed by atoms with Crippen LogP contribution in [-0.2, 0) is 0 Å². The highest BCUT2D eigenvalue weighted by atomic mass is 35.5. The zero-order valence-electron chi connectivity index (χ0n) is 9.05. The van der Waals surface area contributed by atoms with Gasteiger partial charge in [0.25, 0.3) is 0 Å². The summed E-state index contributed by atoms with van der Waals surface area (Å²) in [7, 11) is 0. The first-order valence-corrected chi connectivity index (χ1v) is 5.40. The Morgan fingerprint density at radius 3 is 2.56 bits per heavy atom. The summed E-state index contributed by atoms with van der Waals surface area (Å²) in [5.41, 5.74) is 0.682. The van der Waals surface area contributed by atoms with Gasteiger partial charge >= 0.3 is 0 Å². The van der Waals surface area contributed by atoms with Gasteiger partial charge in [0.15, 0.2) is 0 Å². The molecule has 2 rings (SSSR count). The Hall–Kier alpha value is -2.12. The first-order chi connectivity index (χ1) is 8.61. The molecule has 0 spiro atoms. The first-order valence-electron chi connectivity index (χ1n) is 5.02. The van der Waals surface area contributed by atoms with Crippen molar-refractivity contribution in [1.82, 2.24) is 0 Å². The third-order valence-corrected chi connectivity index (χ3v) is 2.61. The minimum atomic E-state index is -0.615. The van der Waals surface area contributed by atoms with Crippen LogP contribution in [0.25, 0.3) is 0 Å². The predicted molar refractivity (Wildman–Crippen MR) is 65.8 cm³/mol. The van der Waals surface area contributed by atoms with Gasteiger partial charge in [-0.15, -0.1) is 0 Å². The molecule has 5 heteroatoms. The summed E-state index contributed by atoms with van der Waals surface area (Å²) < 4.78 is 26.3. The van der Waals surface area contributed by atoms with E-state index < -0.39 is 11.6 Å². The van der Waals surface area contributed by atoms with Gasteiger partial charge < -0.3 is 5.32 Å². The summed E-state index contributed by atoms with van der Waals surface area (Å²) in [6, 6.07) is 10.00. The van der Waals surface area contributed by atoms with Crippen molar-refractivity contribution in [2.45, 2.75) is 0 Å². The van der Waals surface area contributed by atoms with Crippen molar-refractivity contribution in [3.63, 3.8) is 0 Å². The number of nitrogens with zero attached hydrogens (tertiary/aromatic N) is 1. The molecule has 2 aromatic carbocycles. The summed E-state index contributed by atoms with van der Waals surface area (Å²) in [4.78, 5) is 0. The van der Waals surface area contributed by atoms with Crippen LogP contribution in [0.5, 0.6) is 0 Å². The van der Waals surface area contributed by atoms with Gasteiger partial charge in [-0.3, -0.25) is 0 Å². The Bertz CT molecular complexity index is 635. The number of anilines is 2. The molecule has 0 saturated heterocycles. The SMILES string of the molecule is N#Cc1c(F)cccc1Nc1ccc(F)c(Cl)c1. The number of nitriles is 1. The van der Waals surface area contributed by atoms with E-state index in [4.69, 9.17) is 16.9 Å². The summed E-state index contributed by atoms with van der Waals surface area (Å²) in [6.07, 6.45) is 0. The minimum Gasteiger partial charge on any atom is -0.354 e. The van der Waals surface area contributed by atoms with Gasteiger partial charge in [-0.05, 0) is 30.3 Å². The third kappa shape index (κ3) is 2.41. The average molecular weight is 265 g/mol. The highest BCUT2D eigenvalue weighted by molar-refractivity contribution is 6.31. The zero-order chi connectivity index (χ0) is 13.1. The number of rotatable bonds is 2. The van der Waals surface area contributed by atoms with Gasteiger partial charge in [-0.25, -0.2) is 8.78 Å². The Morgan fingerprint density at radius 1 is 1.11 bits per heavy atom. The van der Waals surface area contributed by atoms with Crippen LogP contribution >= 0.6 is 11.6 Å². The molecule has 90 valence electrons. The lowest BCUT2D eigenvalue weighted by Gasteiger charge is -2.09. The molecule has 0 radical (unpaired) electrons. The number of hydrogen-bond acceptors (Lipinski definition) is 2. The fourth-order valence-electron chi connectivity index (χ4n) is 1.47.